The fourth-order valence-corrected chi connectivity index (χ4v) is 1.81. The zero-order valence-electron chi connectivity index (χ0n) is 9.75. The van der Waals surface area contributed by atoms with Crippen LogP contribution in [0.15, 0.2) is 30.5 Å². The number of carbonyl (C=O) groups excluding carboxylic acids is 1. The molecule has 1 aromatic carbocycles. The Kier molecular flexibility index (Phi) is 3.85. The maximum absolute atomic E-state index is 11.7. The Hall–Kier alpha value is -1.99. The molecule has 0 fully saturated rings. The van der Waals surface area contributed by atoms with Crippen molar-refractivity contribution in [1.82, 2.24) is 9.59 Å². The van der Waals surface area contributed by atoms with Gasteiger partial charge < -0.3 is 11.1 Å². The number of carbonyl (C=O) groups is 1. The summed E-state index contributed by atoms with van der Waals surface area (Å²) in [4.78, 5) is 11.7. The molecule has 94 valence electrons. The highest BCUT2D eigenvalue weighted by Crippen LogP contribution is 2.16. The first-order chi connectivity index (χ1) is 8.65. The number of hydrogen-bond acceptors (Lipinski definition) is 5. The van der Waals surface area contributed by atoms with Crippen molar-refractivity contribution in [2.24, 2.45) is 5.73 Å². The van der Waals surface area contributed by atoms with E-state index in [0.29, 0.717) is 10.7 Å². The topological polar surface area (TPSA) is 92.9 Å². The summed E-state index contributed by atoms with van der Waals surface area (Å²) in [5.41, 5.74) is 7.44. The molecule has 0 bridgehead atoms. The highest BCUT2D eigenvalue weighted by molar-refractivity contribution is 7.10. The van der Waals surface area contributed by atoms with Crippen LogP contribution in [0.1, 0.15) is 18.5 Å². The molecular formula is C11H13N5OS. The van der Waals surface area contributed by atoms with Crippen molar-refractivity contribution in [1.29, 1.82) is 0 Å². The van der Waals surface area contributed by atoms with E-state index in [4.69, 9.17) is 5.73 Å². The molecule has 0 saturated heterocycles. The maximum Gasteiger partial charge on any atom is 0.324 e. The standard InChI is InChI=1S/C11H13N5OS/c1-7(12)8-3-2-4-9(5-8)14-11(17)15-10-6-13-16-18-10/h2-7H,12H2,1H3,(H2,14,15,17). The van der Waals surface area contributed by atoms with Gasteiger partial charge in [0.2, 0.25) is 0 Å². The van der Waals surface area contributed by atoms with Gasteiger partial charge in [0.25, 0.3) is 0 Å². The summed E-state index contributed by atoms with van der Waals surface area (Å²) in [5.74, 6) is 0. The second-order valence-electron chi connectivity index (χ2n) is 3.78. The van der Waals surface area contributed by atoms with Crippen LogP contribution in [0.5, 0.6) is 0 Å². The molecule has 1 atom stereocenters. The number of hydrogen-bond donors (Lipinski definition) is 3. The van der Waals surface area contributed by atoms with Crippen molar-refractivity contribution >= 4 is 28.3 Å². The van der Waals surface area contributed by atoms with Crippen LogP contribution in [0.3, 0.4) is 0 Å². The molecule has 2 rings (SSSR count). The van der Waals surface area contributed by atoms with Gasteiger partial charge in [0, 0.05) is 23.3 Å². The van der Waals surface area contributed by atoms with E-state index in [9.17, 15) is 4.79 Å². The molecule has 1 unspecified atom stereocenters. The summed E-state index contributed by atoms with van der Waals surface area (Å²) >= 11 is 1.12. The van der Waals surface area contributed by atoms with Gasteiger partial charge in [0.1, 0.15) is 5.00 Å². The third-order valence-corrected chi connectivity index (χ3v) is 2.85. The lowest BCUT2D eigenvalue weighted by molar-refractivity contribution is 0.262. The van der Waals surface area contributed by atoms with E-state index >= 15 is 0 Å². The van der Waals surface area contributed by atoms with Gasteiger partial charge in [-0.05, 0) is 24.6 Å². The highest BCUT2D eigenvalue weighted by atomic mass is 32.1. The molecular weight excluding hydrogens is 250 g/mol. The zero-order chi connectivity index (χ0) is 13.0. The van der Waals surface area contributed by atoms with E-state index in [1.54, 1.807) is 6.07 Å². The number of nitrogens with one attached hydrogen (secondary N) is 2. The molecule has 1 heterocycles. The Morgan fingerprint density at radius 2 is 2.28 bits per heavy atom. The summed E-state index contributed by atoms with van der Waals surface area (Å²) in [6.07, 6.45) is 1.49. The lowest BCUT2D eigenvalue weighted by Gasteiger charge is -2.09. The van der Waals surface area contributed by atoms with Crippen LogP contribution in [-0.2, 0) is 0 Å². The molecule has 6 nitrogen and oxygen atoms in total. The van der Waals surface area contributed by atoms with Crippen LogP contribution < -0.4 is 16.4 Å². The molecule has 4 N–H and O–H groups in total. The number of urea groups is 1. The summed E-state index contributed by atoms with van der Waals surface area (Å²) in [6.45, 7) is 1.89. The lowest BCUT2D eigenvalue weighted by atomic mass is 10.1. The molecule has 0 aliphatic rings. The van der Waals surface area contributed by atoms with Crippen LogP contribution in [0, 0.1) is 0 Å². The normalized spacial score (nSPS) is 11.9. The summed E-state index contributed by atoms with van der Waals surface area (Å²) in [7, 11) is 0. The third kappa shape index (κ3) is 3.25. The molecule has 1 aromatic heterocycles. The van der Waals surface area contributed by atoms with Crippen LogP contribution in [0.25, 0.3) is 0 Å². The first-order valence-electron chi connectivity index (χ1n) is 5.36. The van der Waals surface area contributed by atoms with Gasteiger partial charge in [-0.3, -0.25) is 5.32 Å². The fraction of sp³-hybridized carbons (Fsp3) is 0.182. The lowest BCUT2D eigenvalue weighted by Crippen LogP contribution is -2.19. The van der Waals surface area contributed by atoms with Gasteiger partial charge in [-0.25, -0.2) is 4.79 Å². The molecule has 0 aliphatic carbocycles. The van der Waals surface area contributed by atoms with Crippen molar-refractivity contribution in [3.8, 4) is 0 Å². The molecule has 18 heavy (non-hydrogen) atoms. The van der Waals surface area contributed by atoms with E-state index in [2.05, 4.69) is 20.2 Å². The molecule has 0 saturated carbocycles. The largest absolute Gasteiger partial charge is 0.324 e. The summed E-state index contributed by atoms with van der Waals surface area (Å²) in [5, 5.41) is 9.57. The Morgan fingerprint density at radius 1 is 1.44 bits per heavy atom. The van der Waals surface area contributed by atoms with Gasteiger partial charge in [0.15, 0.2) is 0 Å². The average molecular weight is 263 g/mol. The number of anilines is 2. The average Bonchev–Trinajstić information content (AvgIpc) is 2.82. The smallest absolute Gasteiger partial charge is 0.324 e. The molecule has 2 amide bonds. The first-order valence-corrected chi connectivity index (χ1v) is 6.13. The van der Waals surface area contributed by atoms with Crippen molar-refractivity contribution in [2.75, 3.05) is 10.6 Å². The van der Waals surface area contributed by atoms with Crippen LogP contribution in [0.4, 0.5) is 15.5 Å². The Balaban J connectivity index is 2.00. The van der Waals surface area contributed by atoms with E-state index in [-0.39, 0.29) is 12.1 Å². The molecule has 2 aromatic rings. The predicted molar refractivity (Wildman–Crippen MR) is 71.6 cm³/mol. The zero-order valence-corrected chi connectivity index (χ0v) is 10.6. The van der Waals surface area contributed by atoms with E-state index < -0.39 is 0 Å². The number of nitrogens with zero attached hydrogens (tertiary/aromatic N) is 2. The number of aromatic nitrogens is 2. The van der Waals surface area contributed by atoms with E-state index in [0.717, 1.165) is 17.1 Å². The summed E-state index contributed by atoms with van der Waals surface area (Å²) in [6, 6.07) is 7.01. The monoisotopic (exact) mass is 263 g/mol. The molecule has 0 radical (unpaired) electrons. The second kappa shape index (κ2) is 5.56. The van der Waals surface area contributed by atoms with Gasteiger partial charge in [-0.1, -0.05) is 16.6 Å². The minimum Gasteiger partial charge on any atom is -0.324 e. The SMILES string of the molecule is CC(N)c1cccc(NC(=O)Nc2cnns2)c1. The van der Waals surface area contributed by atoms with Crippen LogP contribution in [-0.4, -0.2) is 15.6 Å². The second-order valence-corrected chi connectivity index (χ2v) is 4.56. The van der Waals surface area contributed by atoms with E-state index in [1.807, 2.05) is 25.1 Å². The molecule has 0 spiro atoms. The predicted octanol–water partition coefficient (Wildman–Crippen LogP) is 2.20. The van der Waals surface area contributed by atoms with Gasteiger partial charge in [0.05, 0.1) is 6.20 Å². The number of nitrogens with two attached hydrogens (primary N) is 1. The van der Waals surface area contributed by atoms with Gasteiger partial charge in [-0.2, -0.15) is 0 Å². The van der Waals surface area contributed by atoms with Crippen LogP contribution >= 0.6 is 11.5 Å². The Bertz CT molecular complexity index is 526. The first kappa shape index (κ1) is 12.5. The Morgan fingerprint density at radius 3 is 2.94 bits per heavy atom. The minimum atomic E-state index is -0.331. The fourth-order valence-electron chi connectivity index (χ4n) is 1.40. The van der Waals surface area contributed by atoms with Crippen molar-refractivity contribution < 1.29 is 4.79 Å². The minimum absolute atomic E-state index is 0.0690. The van der Waals surface area contributed by atoms with Gasteiger partial charge >= 0.3 is 6.03 Å². The number of benzene rings is 1. The number of amides is 2. The third-order valence-electron chi connectivity index (χ3n) is 2.27. The summed E-state index contributed by atoms with van der Waals surface area (Å²) < 4.78 is 3.65. The van der Waals surface area contributed by atoms with Crippen LogP contribution in [0.2, 0.25) is 0 Å². The van der Waals surface area contributed by atoms with Crippen molar-refractivity contribution in [3.63, 3.8) is 0 Å². The Labute approximate surface area is 108 Å². The van der Waals surface area contributed by atoms with Gasteiger partial charge in [-0.15, -0.1) is 5.10 Å². The van der Waals surface area contributed by atoms with E-state index in [1.165, 1.54) is 6.20 Å². The molecule has 0 aliphatic heterocycles. The van der Waals surface area contributed by atoms with Crippen molar-refractivity contribution in [3.05, 3.63) is 36.0 Å². The number of rotatable bonds is 3. The van der Waals surface area contributed by atoms with Crippen molar-refractivity contribution in [2.45, 2.75) is 13.0 Å². The maximum atomic E-state index is 11.7. The molecule has 7 heteroatoms. The quantitative estimate of drug-likeness (QED) is 0.791. The highest BCUT2D eigenvalue weighted by Gasteiger charge is 2.05.